The van der Waals surface area contributed by atoms with E-state index in [-0.39, 0.29) is 32.3 Å². The number of para-hydroxylation sites is 4. The average molecular weight is 779 g/mol. The first-order chi connectivity index (χ1) is 28.4. The highest BCUT2D eigenvalue weighted by atomic mass is 16.7. The van der Waals surface area contributed by atoms with Gasteiger partial charge in [0.15, 0.2) is 12.2 Å². The van der Waals surface area contributed by atoms with Crippen LogP contribution in [0.5, 0.6) is 0 Å². The highest BCUT2D eigenvalue weighted by Crippen LogP contribution is 2.29. The molecule has 4 aromatic carbocycles. The molecular formula is C45H38N4O9. The van der Waals surface area contributed by atoms with Crippen LogP contribution in [-0.4, -0.2) is 75.0 Å². The molecule has 0 saturated carbocycles. The molecule has 0 unspecified atom stereocenters. The summed E-state index contributed by atoms with van der Waals surface area (Å²) in [6.45, 7) is -0.327. The predicted octanol–water partition coefficient (Wildman–Crippen LogP) is 6.52. The third-order valence-corrected chi connectivity index (χ3v) is 10.5. The van der Waals surface area contributed by atoms with Gasteiger partial charge in [-0.3, -0.25) is 19.2 Å². The zero-order chi connectivity index (χ0) is 39.6. The van der Waals surface area contributed by atoms with Crippen molar-refractivity contribution in [2.24, 2.45) is 0 Å². The fraction of sp³-hybridized carbons (Fsp3) is 0.200. The molecule has 4 N–H and O–H groups in total. The van der Waals surface area contributed by atoms with Crippen molar-refractivity contribution in [2.45, 2.75) is 50.3 Å². The fourth-order valence-corrected chi connectivity index (χ4v) is 7.72. The molecule has 0 aliphatic carbocycles. The Labute approximate surface area is 330 Å². The van der Waals surface area contributed by atoms with Crippen molar-refractivity contribution < 1.29 is 42.9 Å². The maximum Gasteiger partial charge on any atom is 0.312 e. The number of ether oxygens (including phenoxy) is 5. The van der Waals surface area contributed by atoms with Crippen LogP contribution < -0.4 is 0 Å². The van der Waals surface area contributed by atoms with Crippen LogP contribution in [-0.2, 0) is 68.5 Å². The molecule has 0 radical (unpaired) electrons. The van der Waals surface area contributed by atoms with E-state index in [0.29, 0.717) is 22.3 Å². The normalized spacial score (nSPS) is 18.1. The third kappa shape index (κ3) is 7.54. The second-order valence-corrected chi connectivity index (χ2v) is 14.3. The van der Waals surface area contributed by atoms with Gasteiger partial charge in [0.2, 0.25) is 12.4 Å². The van der Waals surface area contributed by atoms with Crippen molar-refractivity contribution in [3.05, 3.63) is 144 Å². The SMILES string of the molecule is O=C(Cc1c[nH]c2ccccc12)O[C@@H]1OC[C@H](OC(=O)Cc2c[nH]c3ccccc23)[C@H](OC(=O)Cc2c[nH]c3ccccc23)[C@H]1OC(=O)Cc1c[nH]c2ccccc12. The number of esters is 4. The van der Waals surface area contributed by atoms with Crippen molar-refractivity contribution in [1.29, 1.82) is 0 Å². The molecule has 1 aliphatic heterocycles. The number of aromatic nitrogens is 4. The lowest BCUT2D eigenvalue weighted by molar-refractivity contribution is -0.275. The van der Waals surface area contributed by atoms with Crippen molar-refractivity contribution in [3.63, 3.8) is 0 Å². The Balaban J connectivity index is 1.01. The molecule has 0 spiro atoms. The van der Waals surface area contributed by atoms with Gasteiger partial charge in [-0.25, -0.2) is 0 Å². The van der Waals surface area contributed by atoms with Gasteiger partial charge >= 0.3 is 23.9 Å². The molecule has 292 valence electrons. The Kier molecular flexibility index (Phi) is 9.94. The maximum atomic E-state index is 13.9. The Bertz CT molecular complexity index is 2600. The van der Waals surface area contributed by atoms with Crippen LogP contribution >= 0.6 is 0 Å². The van der Waals surface area contributed by atoms with Gasteiger partial charge in [-0.15, -0.1) is 0 Å². The van der Waals surface area contributed by atoms with Crippen LogP contribution in [0.4, 0.5) is 0 Å². The second-order valence-electron chi connectivity index (χ2n) is 14.3. The minimum atomic E-state index is -1.52. The first-order valence-electron chi connectivity index (χ1n) is 19.0. The van der Waals surface area contributed by atoms with Gasteiger partial charge in [-0.05, 0) is 46.5 Å². The van der Waals surface area contributed by atoms with Crippen molar-refractivity contribution in [3.8, 4) is 0 Å². The Morgan fingerprint density at radius 1 is 0.448 bits per heavy atom. The summed E-state index contributed by atoms with van der Waals surface area (Å²) >= 11 is 0. The van der Waals surface area contributed by atoms with Gasteiger partial charge in [0, 0.05) is 68.4 Å². The minimum absolute atomic E-state index is 0.107. The quantitative estimate of drug-likeness (QED) is 0.0795. The van der Waals surface area contributed by atoms with E-state index >= 15 is 0 Å². The molecule has 1 fully saturated rings. The standard InChI is InChI=1S/C45H38N4O9/c50-39(17-26-21-46-34-13-5-1-9-30(26)34)55-38-25-54-45(58-42(53)20-29-24-49-37-16-8-4-12-33(29)37)44(57-41(52)19-28-23-48-36-15-7-3-11-32(28)36)43(38)56-40(51)18-27-22-47-35-14-6-2-10-31(27)35/h1-16,21-24,38,43-49H,17-20,25H2/t38-,43-,44+,45-/m0/s1. The van der Waals surface area contributed by atoms with Crippen LogP contribution in [0.3, 0.4) is 0 Å². The van der Waals surface area contributed by atoms with Crippen molar-refractivity contribution in [2.75, 3.05) is 6.61 Å². The molecule has 1 saturated heterocycles. The minimum Gasteiger partial charge on any atom is -0.456 e. The Morgan fingerprint density at radius 3 is 1.17 bits per heavy atom. The van der Waals surface area contributed by atoms with Gasteiger partial charge < -0.3 is 43.6 Å². The first kappa shape index (κ1) is 36.5. The second kappa shape index (κ2) is 15.8. The predicted molar refractivity (Wildman–Crippen MR) is 213 cm³/mol. The smallest absolute Gasteiger partial charge is 0.312 e. The molecule has 13 nitrogen and oxygen atoms in total. The van der Waals surface area contributed by atoms with E-state index in [4.69, 9.17) is 23.7 Å². The molecular weight excluding hydrogens is 741 g/mol. The maximum absolute atomic E-state index is 13.9. The van der Waals surface area contributed by atoms with Gasteiger partial charge in [0.25, 0.3) is 0 Å². The zero-order valence-electron chi connectivity index (χ0n) is 31.1. The van der Waals surface area contributed by atoms with Crippen molar-refractivity contribution >= 4 is 67.5 Å². The van der Waals surface area contributed by atoms with Crippen LogP contribution in [0, 0.1) is 0 Å². The molecule has 0 amide bonds. The molecule has 5 heterocycles. The molecule has 9 rings (SSSR count). The molecule has 1 aliphatic rings. The highest BCUT2D eigenvalue weighted by Gasteiger charge is 2.49. The number of carbonyl (C=O) groups is 4. The number of carbonyl (C=O) groups excluding carboxylic acids is 4. The summed E-state index contributed by atoms with van der Waals surface area (Å²) in [6.07, 6.45) is 0.656. The van der Waals surface area contributed by atoms with E-state index in [2.05, 4.69) is 19.9 Å². The third-order valence-electron chi connectivity index (χ3n) is 10.5. The number of H-pyrrole nitrogens is 4. The Morgan fingerprint density at radius 2 is 0.776 bits per heavy atom. The lowest BCUT2D eigenvalue weighted by Crippen LogP contribution is -2.59. The Hall–Kier alpha value is -7.12. The van der Waals surface area contributed by atoms with Crippen LogP contribution in [0.1, 0.15) is 22.3 Å². The molecule has 13 heteroatoms. The van der Waals surface area contributed by atoms with E-state index in [9.17, 15) is 19.2 Å². The summed E-state index contributed by atoms with van der Waals surface area (Å²) in [5.74, 6) is -2.70. The van der Waals surface area contributed by atoms with Crippen molar-refractivity contribution in [1.82, 2.24) is 19.9 Å². The number of rotatable bonds is 12. The van der Waals surface area contributed by atoms with Gasteiger partial charge in [0.1, 0.15) is 0 Å². The summed E-state index contributed by atoms with van der Waals surface area (Å²) in [5, 5.41) is 3.36. The molecule has 4 aromatic heterocycles. The van der Waals surface area contributed by atoms with E-state index in [0.717, 1.165) is 43.6 Å². The highest BCUT2D eigenvalue weighted by molar-refractivity contribution is 5.90. The van der Waals surface area contributed by atoms with Gasteiger partial charge in [-0.1, -0.05) is 72.8 Å². The fourth-order valence-electron chi connectivity index (χ4n) is 7.72. The number of aromatic amines is 4. The van der Waals surface area contributed by atoms with Crippen LogP contribution in [0.25, 0.3) is 43.6 Å². The van der Waals surface area contributed by atoms with Gasteiger partial charge in [0.05, 0.1) is 32.3 Å². The molecule has 4 atom stereocenters. The van der Waals surface area contributed by atoms with Gasteiger partial charge in [-0.2, -0.15) is 0 Å². The number of nitrogens with one attached hydrogen (secondary N) is 4. The number of hydrogen-bond acceptors (Lipinski definition) is 9. The summed E-state index contributed by atoms with van der Waals surface area (Å²) < 4.78 is 30.2. The lowest BCUT2D eigenvalue weighted by atomic mass is 10.0. The lowest BCUT2D eigenvalue weighted by Gasteiger charge is -2.40. The van der Waals surface area contributed by atoms with E-state index in [1.165, 1.54) is 0 Å². The first-order valence-corrected chi connectivity index (χ1v) is 19.0. The summed E-state index contributed by atoms with van der Waals surface area (Å²) in [6, 6.07) is 30.1. The zero-order valence-corrected chi connectivity index (χ0v) is 31.1. The summed E-state index contributed by atoms with van der Waals surface area (Å²) in [5.41, 5.74) is 6.12. The molecule has 58 heavy (non-hydrogen) atoms. The topological polar surface area (TPSA) is 178 Å². The van der Waals surface area contributed by atoms with Crippen LogP contribution in [0.15, 0.2) is 122 Å². The molecule has 0 bridgehead atoms. The average Bonchev–Trinajstić information content (AvgIpc) is 4.03. The molecule has 8 aromatic rings. The summed E-state index contributed by atoms with van der Waals surface area (Å²) in [4.78, 5) is 67.6. The van der Waals surface area contributed by atoms with E-state index < -0.39 is 48.5 Å². The van der Waals surface area contributed by atoms with Crippen LogP contribution in [0.2, 0.25) is 0 Å². The van der Waals surface area contributed by atoms with E-state index in [1.807, 2.05) is 97.1 Å². The van der Waals surface area contributed by atoms with E-state index in [1.54, 1.807) is 24.8 Å². The number of benzene rings is 4. The monoisotopic (exact) mass is 778 g/mol. The summed E-state index contributed by atoms with van der Waals surface area (Å²) in [7, 11) is 0. The number of fused-ring (bicyclic) bond motifs is 4. The largest absolute Gasteiger partial charge is 0.456 e. The number of hydrogen-bond donors (Lipinski definition) is 4.